The lowest BCUT2D eigenvalue weighted by Gasteiger charge is -2.08. The molecule has 168 valence electrons. The second-order valence-corrected chi connectivity index (χ2v) is 7.52. The highest BCUT2D eigenvalue weighted by atomic mass is 19.4. The first-order valence-corrected chi connectivity index (χ1v) is 10.1. The second kappa shape index (κ2) is 9.28. The summed E-state index contributed by atoms with van der Waals surface area (Å²) in [4.78, 5) is 12.2. The molecule has 1 aromatic heterocycles. The van der Waals surface area contributed by atoms with E-state index in [9.17, 15) is 22.4 Å². The highest BCUT2D eigenvalue weighted by molar-refractivity contribution is 5.99. The van der Waals surface area contributed by atoms with Gasteiger partial charge < -0.3 is 4.57 Å². The summed E-state index contributed by atoms with van der Waals surface area (Å²) in [5.41, 5.74) is 4.43. The Morgan fingerprint density at radius 3 is 2.48 bits per heavy atom. The molecule has 0 aliphatic rings. The van der Waals surface area contributed by atoms with Gasteiger partial charge in [-0.2, -0.15) is 18.3 Å². The zero-order chi connectivity index (χ0) is 23.4. The Morgan fingerprint density at radius 2 is 1.73 bits per heavy atom. The molecule has 4 nitrogen and oxygen atoms in total. The predicted octanol–water partition coefficient (Wildman–Crippen LogP) is 5.54. The van der Waals surface area contributed by atoms with Crippen LogP contribution in [0, 0.1) is 5.82 Å². The first kappa shape index (κ1) is 22.3. The van der Waals surface area contributed by atoms with Crippen molar-refractivity contribution in [2.75, 3.05) is 0 Å². The summed E-state index contributed by atoms with van der Waals surface area (Å²) < 4.78 is 53.7. The number of halogens is 4. The van der Waals surface area contributed by atoms with E-state index in [1.165, 1.54) is 30.5 Å². The minimum atomic E-state index is -4.47. The predicted molar refractivity (Wildman–Crippen MR) is 118 cm³/mol. The van der Waals surface area contributed by atoms with Crippen LogP contribution in [0.2, 0.25) is 0 Å². The van der Waals surface area contributed by atoms with Crippen molar-refractivity contribution in [1.29, 1.82) is 0 Å². The molecule has 0 saturated heterocycles. The number of hydrogen-bond donors (Lipinski definition) is 1. The molecular weight excluding hydrogens is 434 g/mol. The van der Waals surface area contributed by atoms with Gasteiger partial charge in [-0.25, -0.2) is 9.82 Å². The quantitative estimate of drug-likeness (QED) is 0.233. The number of rotatable bonds is 6. The van der Waals surface area contributed by atoms with E-state index in [1.807, 2.05) is 35.0 Å². The number of para-hydroxylation sites is 1. The van der Waals surface area contributed by atoms with Crippen LogP contribution in [0.1, 0.15) is 22.3 Å². The van der Waals surface area contributed by atoms with Crippen molar-refractivity contribution in [3.05, 3.63) is 107 Å². The Morgan fingerprint density at radius 1 is 0.970 bits per heavy atom. The Labute approximate surface area is 187 Å². The minimum absolute atomic E-state index is 0.229. The van der Waals surface area contributed by atoms with Crippen LogP contribution in [0.25, 0.3) is 10.9 Å². The van der Waals surface area contributed by atoms with Gasteiger partial charge >= 0.3 is 6.18 Å². The van der Waals surface area contributed by atoms with Crippen molar-refractivity contribution in [1.82, 2.24) is 9.99 Å². The van der Waals surface area contributed by atoms with E-state index < -0.39 is 17.6 Å². The summed E-state index contributed by atoms with van der Waals surface area (Å²) >= 11 is 0. The molecule has 1 amide bonds. The Bertz CT molecular complexity index is 1310. The number of fused-ring (bicyclic) bond motifs is 1. The maximum atomic E-state index is 13.2. The fourth-order valence-electron chi connectivity index (χ4n) is 3.55. The van der Waals surface area contributed by atoms with Gasteiger partial charge in [0.1, 0.15) is 5.82 Å². The molecular formula is C25H19F4N3O. The van der Waals surface area contributed by atoms with E-state index >= 15 is 0 Å². The van der Waals surface area contributed by atoms with Crippen molar-refractivity contribution in [2.45, 2.75) is 19.1 Å². The molecule has 0 aliphatic heterocycles. The third-order valence-corrected chi connectivity index (χ3v) is 5.10. The third kappa shape index (κ3) is 5.46. The van der Waals surface area contributed by atoms with Crippen molar-refractivity contribution >= 4 is 23.0 Å². The molecule has 0 bridgehead atoms. The van der Waals surface area contributed by atoms with Gasteiger partial charge in [0.15, 0.2) is 0 Å². The molecule has 1 N–H and O–H groups in total. The van der Waals surface area contributed by atoms with Crippen molar-refractivity contribution in [3.8, 4) is 0 Å². The fraction of sp³-hybridized carbons (Fsp3) is 0.120. The van der Waals surface area contributed by atoms with Gasteiger partial charge in [0, 0.05) is 29.2 Å². The molecule has 8 heteroatoms. The molecule has 33 heavy (non-hydrogen) atoms. The van der Waals surface area contributed by atoms with Crippen LogP contribution in [0.15, 0.2) is 84.1 Å². The fourth-order valence-corrected chi connectivity index (χ4v) is 3.55. The van der Waals surface area contributed by atoms with Gasteiger partial charge in [-0.1, -0.05) is 48.5 Å². The van der Waals surface area contributed by atoms with E-state index in [0.717, 1.165) is 34.2 Å². The lowest BCUT2D eigenvalue weighted by molar-refractivity contribution is -0.137. The number of carbonyl (C=O) groups excluding carboxylic acids is 1. The number of alkyl halides is 3. The summed E-state index contributed by atoms with van der Waals surface area (Å²) in [5, 5.41) is 4.89. The highest BCUT2D eigenvalue weighted by Crippen LogP contribution is 2.29. The minimum Gasteiger partial charge on any atom is -0.342 e. The van der Waals surface area contributed by atoms with Gasteiger partial charge in [0.25, 0.3) is 0 Å². The van der Waals surface area contributed by atoms with Crippen LogP contribution in [0.3, 0.4) is 0 Å². The number of hydrogen-bond acceptors (Lipinski definition) is 2. The monoisotopic (exact) mass is 453 g/mol. The number of nitrogens with one attached hydrogen (secondary N) is 1. The third-order valence-electron chi connectivity index (χ3n) is 5.10. The average molecular weight is 453 g/mol. The molecule has 0 unspecified atom stereocenters. The van der Waals surface area contributed by atoms with Crippen LogP contribution >= 0.6 is 0 Å². The SMILES string of the molecule is O=C(Cc1cccc(C(F)(F)F)c1)NN=Cc1cn(Cc2ccc(F)cc2)c2ccccc12. The van der Waals surface area contributed by atoms with E-state index in [2.05, 4.69) is 10.5 Å². The molecule has 4 rings (SSSR count). The summed E-state index contributed by atoms with van der Waals surface area (Å²) in [6.45, 7) is 0.524. The highest BCUT2D eigenvalue weighted by Gasteiger charge is 2.30. The van der Waals surface area contributed by atoms with E-state index in [0.29, 0.717) is 6.54 Å². The van der Waals surface area contributed by atoms with Gasteiger partial charge in [0.2, 0.25) is 5.91 Å². The molecule has 0 radical (unpaired) electrons. The number of benzene rings is 3. The van der Waals surface area contributed by atoms with Crippen molar-refractivity contribution < 1.29 is 22.4 Å². The number of aromatic nitrogens is 1. The molecule has 0 fully saturated rings. The zero-order valence-corrected chi connectivity index (χ0v) is 17.3. The molecule has 0 saturated carbocycles. The maximum Gasteiger partial charge on any atom is 0.416 e. The molecule has 0 atom stereocenters. The van der Waals surface area contributed by atoms with Crippen molar-refractivity contribution in [2.24, 2.45) is 5.10 Å². The van der Waals surface area contributed by atoms with Crippen LogP contribution in [-0.2, 0) is 23.9 Å². The smallest absolute Gasteiger partial charge is 0.342 e. The molecule has 4 aromatic rings. The molecule has 0 spiro atoms. The standard InChI is InChI=1S/C25H19F4N3O/c26-21-10-8-17(9-11-21)15-32-16-19(22-6-1-2-7-23(22)32)14-30-31-24(33)13-18-4-3-5-20(12-18)25(27,28)29/h1-12,14,16H,13,15H2,(H,31,33). The summed E-state index contributed by atoms with van der Waals surface area (Å²) in [5.74, 6) is -0.828. The van der Waals surface area contributed by atoms with Crippen molar-refractivity contribution in [3.63, 3.8) is 0 Å². The number of nitrogens with zero attached hydrogens (tertiary/aromatic N) is 2. The van der Waals surface area contributed by atoms with Crippen LogP contribution < -0.4 is 5.43 Å². The van der Waals surface area contributed by atoms with Gasteiger partial charge in [0.05, 0.1) is 18.2 Å². The van der Waals surface area contributed by atoms with Gasteiger partial charge in [-0.3, -0.25) is 4.79 Å². The average Bonchev–Trinajstić information content (AvgIpc) is 3.12. The van der Waals surface area contributed by atoms with Crippen LogP contribution in [0.4, 0.5) is 17.6 Å². The van der Waals surface area contributed by atoms with Gasteiger partial charge in [-0.15, -0.1) is 0 Å². The van der Waals surface area contributed by atoms with E-state index in [-0.39, 0.29) is 17.8 Å². The molecule has 3 aromatic carbocycles. The Hall–Kier alpha value is -3.94. The van der Waals surface area contributed by atoms with Crippen LogP contribution in [-0.4, -0.2) is 16.7 Å². The van der Waals surface area contributed by atoms with E-state index in [4.69, 9.17) is 0 Å². The second-order valence-electron chi connectivity index (χ2n) is 7.52. The normalized spacial score (nSPS) is 11.9. The summed E-state index contributed by atoms with van der Waals surface area (Å²) in [7, 11) is 0. The number of amides is 1. The first-order chi connectivity index (χ1) is 15.8. The first-order valence-electron chi connectivity index (χ1n) is 10.1. The largest absolute Gasteiger partial charge is 0.416 e. The summed E-state index contributed by atoms with van der Waals surface area (Å²) in [6, 6.07) is 18.5. The maximum absolute atomic E-state index is 13.2. The van der Waals surface area contributed by atoms with E-state index in [1.54, 1.807) is 12.1 Å². The Balaban J connectivity index is 1.47. The molecule has 1 heterocycles. The summed E-state index contributed by atoms with van der Waals surface area (Å²) in [6.07, 6.45) is -1.33. The lowest BCUT2D eigenvalue weighted by atomic mass is 10.1. The molecule has 0 aliphatic carbocycles. The lowest BCUT2D eigenvalue weighted by Crippen LogP contribution is -2.20. The topological polar surface area (TPSA) is 46.4 Å². The number of carbonyl (C=O) groups is 1. The van der Waals surface area contributed by atoms with Crippen LogP contribution in [0.5, 0.6) is 0 Å². The Kier molecular flexibility index (Phi) is 6.26. The number of hydrazone groups is 1. The van der Waals surface area contributed by atoms with Gasteiger partial charge in [-0.05, 0) is 35.4 Å². The zero-order valence-electron chi connectivity index (χ0n) is 17.3.